The first-order valence-corrected chi connectivity index (χ1v) is 9.45. The van der Waals surface area contributed by atoms with Crippen LogP contribution in [0, 0.1) is 32.4 Å². The first-order valence-electron chi connectivity index (χ1n) is 9.45. The van der Waals surface area contributed by atoms with Crippen molar-refractivity contribution in [2.75, 3.05) is 5.32 Å². The molecule has 1 N–H and O–H groups in total. The third kappa shape index (κ3) is 3.47. The zero-order valence-corrected chi connectivity index (χ0v) is 16.7. The average molecular weight is 411 g/mol. The van der Waals surface area contributed by atoms with Crippen molar-refractivity contribution in [3.8, 4) is 0 Å². The van der Waals surface area contributed by atoms with Gasteiger partial charge in [0, 0.05) is 40.6 Å². The fraction of sp³-hybridized carbons (Fsp3) is 0.217. The zero-order chi connectivity index (χ0) is 21.6. The van der Waals surface area contributed by atoms with E-state index < -0.39 is 23.2 Å². The van der Waals surface area contributed by atoms with E-state index in [1.54, 1.807) is 6.07 Å². The SMILES string of the molecule is Cc1oc2cc3oc(=O)c(CCC(=O)Nc4ccc(F)c(F)c4)c(C)c3cc2c1C. The highest BCUT2D eigenvalue weighted by atomic mass is 19.2. The van der Waals surface area contributed by atoms with E-state index in [0.717, 1.165) is 39.8 Å². The molecule has 0 radical (unpaired) electrons. The predicted octanol–water partition coefficient (Wildman–Crippen LogP) is 5.31. The Hall–Kier alpha value is -3.48. The number of hydrogen-bond acceptors (Lipinski definition) is 4. The Balaban J connectivity index is 1.61. The maximum atomic E-state index is 13.3. The molecule has 0 spiro atoms. The van der Waals surface area contributed by atoms with E-state index in [4.69, 9.17) is 8.83 Å². The molecule has 0 aliphatic rings. The van der Waals surface area contributed by atoms with Gasteiger partial charge in [-0.25, -0.2) is 13.6 Å². The fourth-order valence-corrected chi connectivity index (χ4v) is 3.55. The second kappa shape index (κ2) is 7.40. The third-order valence-corrected chi connectivity index (χ3v) is 5.39. The maximum Gasteiger partial charge on any atom is 0.339 e. The summed E-state index contributed by atoms with van der Waals surface area (Å²) in [7, 11) is 0. The molecule has 1 amide bonds. The van der Waals surface area contributed by atoms with Gasteiger partial charge in [0.15, 0.2) is 11.6 Å². The van der Waals surface area contributed by atoms with E-state index in [-0.39, 0.29) is 18.5 Å². The minimum absolute atomic E-state index is 0.0117. The van der Waals surface area contributed by atoms with E-state index in [9.17, 15) is 18.4 Å². The lowest BCUT2D eigenvalue weighted by Crippen LogP contribution is -2.16. The van der Waals surface area contributed by atoms with Crippen LogP contribution in [-0.4, -0.2) is 5.91 Å². The summed E-state index contributed by atoms with van der Waals surface area (Å²) in [6, 6.07) is 6.75. The van der Waals surface area contributed by atoms with Crippen LogP contribution < -0.4 is 10.9 Å². The van der Waals surface area contributed by atoms with Crippen molar-refractivity contribution in [1.82, 2.24) is 0 Å². The van der Waals surface area contributed by atoms with Gasteiger partial charge in [-0.1, -0.05) is 0 Å². The fourth-order valence-electron chi connectivity index (χ4n) is 3.55. The second-order valence-corrected chi connectivity index (χ2v) is 7.30. The highest BCUT2D eigenvalue weighted by Crippen LogP contribution is 2.31. The number of furan rings is 1. The van der Waals surface area contributed by atoms with Crippen LogP contribution in [0.2, 0.25) is 0 Å². The molecule has 2 heterocycles. The normalized spacial score (nSPS) is 11.4. The monoisotopic (exact) mass is 411 g/mol. The summed E-state index contributed by atoms with van der Waals surface area (Å²) in [6.07, 6.45) is 0.142. The lowest BCUT2D eigenvalue weighted by Gasteiger charge is -2.09. The smallest absolute Gasteiger partial charge is 0.339 e. The quantitative estimate of drug-likeness (QED) is 0.462. The molecule has 0 saturated heterocycles. The molecule has 2 aromatic heterocycles. The van der Waals surface area contributed by atoms with Crippen LogP contribution >= 0.6 is 0 Å². The number of rotatable bonds is 4. The Morgan fingerprint density at radius 2 is 1.63 bits per heavy atom. The summed E-state index contributed by atoms with van der Waals surface area (Å²) in [5, 5.41) is 4.22. The van der Waals surface area contributed by atoms with Crippen LogP contribution in [-0.2, 0) is 11.2 Å². The molecule has 2 aromatic carbocycles. The van der Waals surface area contributed by atoms with Gasteiger partial charge < -0.3 is 14.2 Å². The van der Waals surface area contributed by atoms with Crippen molar-refractivity contribution in [3.05, 3.63) is 74.8 Å². The number of hydrogen-bond donors (Lipinski definition) is 1. The van der Waals surface area contributed by atoms with Crippen molar-refractivity contribution < 1.29 is 22.4 Å². The molecule has 30 heavy (non-hydrogen) atoms. The summed E-state index contributed by atoms with van der Waals surface area (Å²) in [6.45, 7) is 5.65. The van der Waals surface area contributed by atoms with E-state index in [0.29, 0.717) is 16.7 Å². The number of fused-ring (bicyclic) bond motifs is 2. The Bertz CT molecular complexity index is 1370. The van der Waals surface area contributed by atoms with Gasteiger partial charge in [0.2, 0.25) is 5.91 Å². The minimum Gasteiger partial charge on any atom is -0.461 e. The number of nitrogens with one attached hydrogen (secondary N) is 1. The maximum absolute atomic E-state index is 13.3. The van der Waals surface area contributed by atoms with Gasteiger partial charge in [-0.3, -0.25) is 4.79 Å². The number of aryl methyl sites for hydroxylation is 3. The number of amides is 1. The van der Waals surface area contributed by atoms with Crippen LogP contribution in [0.3, 0.4) is 0 Å². The van der Waals surface area contributed by atoms with Crippen molar-refractivity contribution in [2.45, 2.75) is 33.6 Å². The van der Waals surface area contributed by atoms with Gasteiger partial charge >= 0.3 is 5.63 Å². The second-order valence-electron chi connectivity index (χ2n) is 7.30. The number of carbonyl (C=O) groups is 1. The zero-order valence-electron chi connectivity index (χ0n) is 16.7. The minimum atomic E-state index is -1.05. The Morgan fingerprint density at radius 1 is 0.933 bits per heavy atom. The molecule has 4 aromatic rings. The van der Waals surface area contributed by atoms with E-state index in [1.807, 2.05) is 26.8 Å². The van der Waals surface area contributed by atoms with Gasteiger partial charge in [-0.05, 0) is 56.5 Å². The molecule has 5 nitrogen and oxygen atoms in total. The van der Waals surface area contributed by atoms with Crippen LogP contribution in [0.15, 0.2) is 44.0 Å². The topological polar surface area (TPSA) is 72.5 Å². The lowest BCUT2D eigenvalue weighted by atomic mass is 10.0. The first-order chi connectivity index (χ1) is 14.2. The highest BCUT2D eigenvalue weighted by Gasteiger charge is 2.16. The van der Waals surface area contributed by atoms with Gasteiger partial charge in [0.1, 0.15) is 16.9 Å². The lowest BCUT2D eigenvalue weighted by molar-refractivity contribution is -0.116. The summed E-state index contributed by atoms with van der Waals surface area (Å²) in [4.78, 5) is 24.7. The molecule has 7 heteroatoms. The van der Waals surface area contributed by atoms with Gasteiger partial charge in [0.05, 0.1) is 0 Å². The van der Waals surface area contributed by atoms with Crippen LogP contribution in [0.25, 0.3) is 21.9 Å². The Kier molecular flexibility index (Phi) is 4.89. The molecule has 0 aliphatic carbocycles. The molecule has 0 bridgehead atoms. The average Bonchev–Trinajstić information content (AvgIpc) is 2.96. The molecule has 0 atom stereocenters. The number of halogens is 2. The Morgan fingerprint density at radius 3 is 2.37 bits per heavy atom. The summed E-state index contributed by atoms with van der Waals surface area (Å²) < 4.78 is 37.5. The molecule has 0 fully saturated rings. The van der Waals surface area contributed by atoms with Crippen LogP contribution in [0.1, 0.15) is 28.9 Å². The molecular formula is C23H19F2NO4. The summed E-state index contributed by atoms with van der Waals surface area (Å²) in [5.74, 6) is -1.66. The van der Waals surface area contributed by atoms with Crippen LogP contribution in [0.4, 0.5) is 14.5 Å². The number of anilines is 1. The molecule has 0 unspecified atom stereocenters. The van der Waals surface area contributed by atoms with Crippen molar-refractivity contribution in [3.63, 3.8) is 0 Å². The van der Waals surface area contributed by atoms with Crippen molar-refractivity contribution in [2.24, 2.45) is 0 Å². The third-order valence-electron chi connectivity index (χ3n) is 5.39. The summed E-state index contributed by atoms with van der Waals surface area (Å²) in [5.41, 5.74) is 2.87. The largest absolute Gasteiger partial charge is 0.461 e. The van der Waals surface area contributed by atoms with E-state index in [2.05, 4.69) is 5.32 Å². The Labute approximate surface area is 170 Å². The van der Waals surface area contributed by atoms with Gasteiger partial charge in [0.25, 0.3) is 0 Å². The van der Waals surface area contributed by atoms with E-state index in [1.165, 1.54) is 6.07 Å². The molecular weight excluding hydrogens is 392 g/mol. The van der Waals surface area contributed by atoms with Crippen molar-refractivity contribution >= 4 is 33.5 Å². The molecule has 154 valence electrons. The molecule has 0 aliphatic heterocycles. The summed E-state index contributed by atoms with van der Waals surface area (Å²) >= 11 is 0. The molecule has 4 rings (SSSR count). The number of benzene rings is 2. The highest BCUT2D eigenvalue weighted by molar-refractivity contribution is 5.97. The van der Waals surface area contributed by atoms with Gasteiger partial charge in [-0.15, -0.1) is 0 Å². The van der Waals surface area contributed by atoms with Crippen LogP contribution in [0.5, 0.6) is 0 Å². The van der Waals surface area contributed by atoms with Crippen molar-refractivity contribution in [1.29, 1.82) is 0 Å². The first kappa shape index (κ1) is 19.8. The molecule has 0 saturated carbocycles. The van der Waals surface area contributed by atoms with Gasteiger partial charge in [-0.2, -0.15) is 0 Å². The standard InChI is InChI=1S/C23H19F2NO4/c1-11-13(3)29-20-10-21-17(9-16(11)20)12(2)15(23(28)30-21)5-7-22(27)26-14-4-6-18(24)19(25)8-14/h4,6,8-10H,5,7H2,1-3H3,(H,26,27). The predicted molar refractivity (Wildman–Crippen MR) is 110 cm³/mol. The number of carbonyl (C=O) groups excluding carboxylic acids is 1. The van der Waals surface area contributed by atoms with E-state index >= 15 is 0 Å².